The first-order valence-electron chi connectivity index (χ1n) is 5.29. The molecule has 1 aromatic rings. The van der Waals surface area contributed by atoms with Crippen LogP contribution in [-0.2, 0) is 4.74 Å². The second-order valence-electron chi connectivity index (χ2n) is 3.45. The Bertz CT molecular complexity index is 382. The normalized spacial score (nSPS) is 12.2. The summed E-state index contributed by atoms with van der Waals surface area (Å²) in [5.74, 6) is -1.46. The van der Waals surface area contributed by atoms with E-state index in [2.05, 4.69) is 9.97 Å². The molecule has 1 aromatic heterocycles. The van der Waals surface area contributed by atoms with Crippen molar-refractivity contribution in [3.05, 3.63) is 23.5 Å². The Morgan fingerprint density at radius 3 is 2.75 bits per heavy atom. The lowest BCUT2D eigenvalue weighted by Gasteiger charge is -2.10. The SMILES string of the molecule is CCOC(=O)c1ncnc(C(C)CC)c1F. The fraction of sp³-hybridized carbons (Fsp3) is 0.545. The molecule has 5 heteroatoms. The van der Waals surface area contributed by atoms with Crippen LogP contribution < -0.4 is 0 Å². The average Bonchev–Trinajstić information content (AvgIpc) is 2.28. The molecule has 88 valence electrons. The van der Waals surface area contributed by atoms with Crippen LogP contribution in [0.1, 0.15) is 49.3 Å². The highest BCUT2D eigenvalue weighted by atomic mass is 19.1. The predicted octanol–water partition coefficient (Wildman–Crippen LogP) is 2.31. The van der Waals surface area contributed by atoms with Crippen molar-refractivity contribution in [1.82, 2.24) is 9.97 Å². The maximum atomic E-state index is 13.9. The Kier molecular flexibility index (Phi) is 4.34. The molecule has 1 rings (SSSR count). The molecular formula is C11H15FN2O2. The maximum absolute atomic E-state index is 13.9. The largest absolute Gasteiger partial charge is 0.461 e. The van der Waals surface area contributed by atoms with Crippen molar-refractivity contribution < 1.29 is 13.9 Å². The highest BCUT2D eigenvalue weighted by Crippen LogP contribution is 2.20. The van der Waals surface area contributed by atoms with Gasteiger partial charge in [0.2, 0.25) is 0 Å². The third-order valence-electron chi connectivity index (χ3n) is 2.36. The van der Waals surface area contributed by atoms with Crippen LogP contribution in [0, 0.1) is 5.82 Å². The summed E-state index contributed by atoms with van der Waals surface area (Å²) in [6.07, 6.45) is 1.94. The minimum absolute atomic E-state index is 0.0452. The molecule has 0 saturated carbocycles. The number of hydrogen-bond acceptors (Lipinski definition) is 4. The molecule has 0 aliphatic rings. The lowest BCUT2D eigenvalue weighted by Crippen LogP contribution is -2.13. The second kappa shape index (κ2) is 5.53. The molecule has 0 radical (unpaired) electrons. The highest BCUT2D eigenvalue weighted by molar-refractivity contribution is 5.87. The van der Waals surface area contributed by atoms with Gasteiger partial charge in [0.15, 0.2) is 11.5 Å². The summed E-state index contributed by atoms with van der Waals surface area (Å²) in [5, 5.41) is 0. The number of hydrogen-bond donors (Lipinski definition) is 0. The molecule has 0 amide bonds. The van der Waals surface area contributed by atoms with E-state index >= 15 is 0 Å². The zero-order valence-corrected chi connectivity index (χ0v) is 9.66. The zero-order valence-electron chi connectivity index (χ0n) is 9.66. The second-order valence-corrected chi connectivity index (χ2v) is 3.45. The molecule has 0 aromatic carbocycles. The summed E-state index contributed by atoms with van der Waals surface area (Å²) in [7, 11) is 0. The zero-order chi connectivity index (χ0) is 12.1. The summed E-state index contributed by atoms with van der Waals surface area (Å²) in [6.45, 7) is 5.63. The van der Waals surface area contributed by atoms with E-state index < -0.39 is 11.8 Å². The van der Waals surface area contributed by atoms with Gasteiger partial charge in [0, 0.05) is 5.92 Å². The molecule has 0 aliphatic heterocycles. The van der Waals surface area contributed by atoms with Gasteiger partial charge in [0.25, 0.3) is 0 Å². The third-order valence-corrected chi connectivity index (χ3v) is 2.36. The Hall–Kier alpha value is -1.52. The molecule has 0 spiro atoms. The van der Waals surface area contributed by atoms with Crippen LogP contribution in [-0.4, -0.2) is 22.5 Å². The number of carbonyl (C=O) groups excluding carboxylic acids is 1. The number of ether oxygens (including phenoxy) is 1. The molecular weight excluding hydrogens is 211 g/mol. The van der Waals surface area contributed by atoms with E-state index in [9.17, 15) is 9.18 Å². The number of rotatable bonds is 4. The Morgan fingerprint density at radius 2 is 2.19 bits per heavy atom. The van der Waals surface area contributed by atoms with E-state index in [1.807, 2.05) is 13.8 Å². The van der Waals surface area contributed by atoms with Crippen molar-refractivity contribution in [1.29, 1.82) is 0 Å². The fourth-order valence-electron chi connectivity index (χ4n) is 1.26. The third kappa shape index (κ3) is 2.53. The van der Waals surface area contributed by atoms with E-state index in [1.165, 1.54) is 6.33 Å². The van der Waals surface area contributed by atoms with Gasteiger partial charge in [-0.05, 0) is 13.3 Å². The van der Waals surface area contributed by atoms with Gasteiger partial charge in [-0.3, -0.25) is 0 Å². The average molecular weight is 226 g/mol. The maximum Gasteiger partial charge on any atom is 0.360 e. The molecule has 1 heterocycles. The van der Waals surface area contributed by atoms with Gasteiger partial charge in [0.05, 0.1) is 12.3 Å². The van der Waals surface area contributed by atoms with Crippen LogP contribution in [0.2, 0.25) is 0 Å². The standard InChI is InChI=1S/C11H15FN2O2/c1-4-7(3)9-8(12)10(14-6-13-9)11(15)16-5-2/h6-7H,4-5H2,1-3H3. The Morgan fingerprint density at radius 1 is 1.50 bits per heavy atom. The van der Waals surface area contributed by atoms with Crippen LogP contribution in [0.15, 0.2) is 6.33 Å². The van der Waals surface area contributed by atoms with Crippen molar-refractivity contribution >= 4 is 5.97 Å². The first kappa shape index (κ1) is 12.5. The van der Waals surface area contributed by atoms with Gasteiger partial charge in [-0.1, -0.05) is 13.8 Å². The number of nitrogens with zero attached hydrogens (tertiary/aromatic N) is 2. The van der Waals surface area contributed by atoms with E-state index in [0.717, 1.165) is 6.42 Å². The monoisotopic (exact) mass is 226 g/mol. The van der Waals surface area contributed by atoms with Gasteiger partial charge in [-0.25, -0.2) is 19.2 Å². The van der Waals surface area contributed by atoms with Crippen molar-refractivity contribution in [3.8, 4) is 0 Å². The summed E-state index contributed by atoms with van der Waals surface area (Å²) in [4.78, 5) is 18.8. The number of esters is 1. The van der Waals surface area contributed by atoms with E-state index in [1.54, 1.807) is 6.92 Å². The number of carbonyl (C=O) groups is 1. The van der Waals surface area contributed by atoms with Gasteiger partial charge in [-0.2, -0.15) is 0 Å². The van der Waals surface area contributed by atoms with Crippen molar-refractivity contribution in [2.45, 2.75) is 33.1 Å². The molecule has 0 bridgehead atoms. The number of halogens is 1. The topological polar surface area (TPSA) is 52.1 Å². The molecule has 4 nitrogen and oxygen atoms in total. The van der Waals surface area contributed by atoms with E-state index in [-0.39, 0.29) is 23.9 Å². The summed E-state index contributed by atoms with van der Waals surface area (Å²) >= 11 is 0. The molecule has 0 N–H and O–H groups in total. The Labute approximate surface area is 93.9 Å². The van der Waals surface area contributed by atoms with Gasteiger partial charge < -0.3 is 4.74 Å². The molecule has 16 heavy (non-hydrogen) atoms. The van der Waals surface area contributed by atoms with Crippen molar-refractivity contribution in [3.63, 3.8) is 0 Å². The summed E-state index contributed by atoms with van der Waals surface area (Å²) < 4.78 is 18.6. The summed E-state index contributed by atoms with van der Waals surface area (Å²) in [5.41, 5.74) is -0.0206. The van der Waals surface area contributed by atoms with Crippen LogP contribution in [0.25, 0.3) is 0 Å². The molecule has 0 saturated heterocycles. The Balaban J connectivity index is 3.08. The van der Waals surface area contributed by atoms with Crippen LogP contribution in [0.5, 0.6) is 0 Å². The fourth-order valence-corrected chi connectivity index (χ4v) is 1.26. The number of aromatic nitrogens is 2. The first-order valence-corrected chi connectivity index (χ1v) is 5.29. The quantitative estimate of drug-likeness (QED) is 0.739. The molecule has 0 fully saturated rings. The van der Waals surface area contributed by atoms with E-state index in [4.69, 9.17) is 4.74 Å². The molecule has 0 aliphatic carbocycles. The van der Waals surface area contributed by atoms with Crippen LogP contribution in [0.4, 0.5) is 4.39 Å². The van der Waals surface area contributed by atoms with E-state index in [0.29, 0.717) is 0 Å². The van der Waals surface area contributed by atoms with Crippen molar-refractivity contribution in [2.75, 3.05) is 6.61 Å². The molecule has 1 atom stereocenters. The highest BCUT2D eigenvalue weighted by Gasteiger charge is 2.21. The minimum atomic E-state index is -0.744. The predicted molar refractivity (Wildman–Crippen MR) is 56.7 cm³/mol. The van der Waals surface area contributed by atoms with Gasteiger partial charge in [0.1, 0.15) is 6.33 Å². The van der Waals surface area contributed by atoms with Gasteiger partial charge >= 0.3 is 5.97 Å². The first-order chi connectivity index (χ1) is 7.61. The van der Waals surface area contributed by atoms with Crippen LogP contribution in [0.3, 0.4) is 0 Å². The molecule has 1 unspecified atom stereocenters. The summed E-state index contributed by atoms with van der Waals surface area (Å²) in [6, 6.07) is 0. The smallest absolute Gasteiger partial charge is 0.360 e. The van der Waals surface area contributed by atoms with Gasteiger partial charge in [-0.15, -0.1) is 0 Å². The lowest BCUT2D eigenvalue weighted by molar-refractivity contribution is 0.0512. The lowest BCUT2D eigenvalue weighted by atomic mass is 10.0. The minimum Gasteiger partial charge on any atom is -0.461 e. The van der Waals surface area contributed by atoms with Crippen molar-refractivity contribution in [2.24, 2.45) is 0 Å². The van der Waals surface area contributed by atoms with Crippen LogP contribution >= 0.6 is 0 Å².